The Balaban J connectivity index is 1.54. The zero-order valence-electron chi connectivity index (χ0n) is 12.6. The van der Waals surface area contributed by atoms with Crippen molar-refractivity contribution in [3.05, 3.63) is 42.4 Å². The number of carbonyl (C=O) groups excluding carboxylic acids is 2. The van der Waals surface area contributed by atoms with E-state index >= 15 is 0 Å². The lowest BCUT2D eigenvalue weighted by atomic mass is 10.2. The van der Waals surface area contributed by atoms with Crippen LogP contribution >= 0.6 is 0 Å². The predicted octanol–water partition coefficient (Wildman–Crippen LogP) is 2.19. The van der Waals surface area contributed by atoms with Crippen LogP contribution in [-0.4, -0.2) is 33.2 Å². The van der Waals surface area contributed by atoms with Crippen LogP contribution in [0.2, 0.25) is 0 Å². The van der Waals surface area contributed by atoms with Gasteiger partial charge in [0.25, 0.3) is 5.91 Å². The largest absolute Gasteiger partial charge is 0.451 e. The molecular weight excluding hydrogens is 296 g/mol. The molecule has 1 fully saturated rings. The van der Waals surface area contributed by atoms with E-state index in [-0.39, 0.29) is 12.3 Å². The number of rotatable bonds is 5. The summed E-state index contributed by atoms with van der Waals surface area (Å²) >= 11 is 0. The van der Waals surface area contributed by atoms with Crippen molar-refractivity contribution in [1.29, 1.82) is 0 Å². The van der Waals surface area contributed by atoms with Crippen LogP contribution in [0.15, 0.2) is 36.7 Å². The zero-order valence-corrected chi connectivity index (χ0v) is 12.6. The molecule has 2 aromatic heterocycles. The van der Waals surface area contributed by atoms with E-state index in [1.807, 2.05) is 4.68 Å². The van der Waals surface area contributed by atoms with Gasteiger partial charge < -0.3 is 10.1 Å². The number of ether oxygens (including phenoxy) is 1. The van der Waals surface area contributed by atoms with Gasteiger partial charge in [0.05, 0.1) is 12.2 Å². The summed E-state index contributed by atoms with van der Waals surface area (Å²) < 4.78 is 6.80. The second-order valence-corrected chi connectivity index (χ2v) is 5.44. The van der Waals surface area contributed by atoms with Crippen LogP contribution in [0.1, 0.15) is 42.2 Å². The van der Waals surface area contributed by atoms with Gasteiger partial charge in [-0.1, -0.05) is 18.9 Å². The quantitative estimate of drug-likeness (QED) is 0.855. The lowest BCUT2D eigenvalue weighted by molar-refractivity contribution is -0.119. The van der Waals surface area contributed by atoms with Gasteiger partial charge in [0.15, 0.2) is 6.61 Å². The maximum Gasteiger partial charge on any atom is 0.357 e. The number of pyridine rings is 1. The van der Waals surface area contributed by atoms with Gasteiger partial charge in [-0.25, -0.2) is 14.5 Å². The van der Waals surface area contributed by atoms with Gasteiger partial charge in [0, 0.05) is 12.3 Å². The minimum Gasteiger partial charge on any atom is -0.451 e. The van der Waals surface area contributed by atoms with Crippen molar-refractivity contribution in [3.63, 3.8) is 0 Å². The number of carbonyl (C=O) groups is 2. The summed E-state index contributed by atoms with van der Waals surface area (Å²) in [5.41, 5.74) is 0.177. The second-order valence-electron chi connectivity index (χ2n) is 5.44. The topological polar surface area (TPSA) is 86.1 Å². The smallest absolute Gasteiger partial charge is 0.357 e. The third-order valence-corrected chi connectivity index (χ3v) is 3.82. The summed E-state index contributed by atoms with van der Waals surface area (Å²) in [6.07, 6.45) is 7.66. The molecule has 1 aliphatic carbocycles. The van der Waals surface area contributed by atoms with Crippen molar-refractivity contribution in [2.75, 3.05) is 11.9 Å². The molecule has 0 unspecified atom stereocenters. The second kappa shape index (κ2) is 7.04. The van der Waals surface area contributed by atoms with Crippen LogP contribution in [0.4, 0.5) is 5.82 Å². The third-order valence-electron chi connectivity index (χ3n) is 3.82. The lowest BCUT2D eigenvalue weighted by Gasteiger charge is -2.14. The Bertz CT molecular complexity index is 678. The maximum atomic E-state index is 12.0. The molecule has 1 aliphatic rings. The summed E-state index contributed by atoms with van der Waals surface area (Å²) in [4.78, 5) is 27.6. The van der Waals surface area contributed by atoms with E-state index < -0.39 is 11.9 Å². The molecule has 0 aliphatic heterocycles. The fourth-order valence-corrected chi connectivity index (χ4v) is 2.72. The minimum atomic E-state index is -0.620. The van der Waals surface area contributed by atoms with Crippen molar-refractivity contribution in [2.45, 2.75) is 31.7 Å². The monoisotopic (exact) mass is 314 g/mol. The molecule has 2 heterocycles. The van der Waals surface area contributed by atoms with Gasteiger partial charge in [-0.15, -0.1) is 0 Å². The lowest BCUT2D eigenvalue weighted by Crippen LogP contribution is -2.23. The first kappa shape index (κ1) is 15.2. The number of hydrogen-bond donors (Lipinski definition) is 1. The molecule has 0 radical (unpaired) electrons. The minimum absolute atomic E-state index is 0.177. The number of amides is 1. The van der Waals surface area contributed by atoms with Crippen molar-refractivity contribution < 1.29 is 14.3 Å². The van der Waals surface area contributed by atoms with E-state index in [1.165, 1.54) is 25.1 Å². The standard InChI is InChI=1S/C16H18N4O3/c21-15(11-23-16(22)13-7-3-4-9-17-13)19-14-8-10-18-20(14)12-5-1-2-6-12/h3-4,7-10,12H,1-2,5-6,11H2,(H,19,21). The highest BCUT2D eigenvalue weighted by Gasteiger charge is 2.20. The molecular formula is C16H18N4O3. The van der Waals surface area contributed by atoms with Gasteiger partial charge in [-0.05, 0) is 25.0 Å². The first-order valence-corrected chi connectivity index (χ1v) is 7.65. The summed E-state index contributed by atoms with van der Waals surface area (Å²) in [5.74, 6) is -0.380. The summed E-state index contributed by atoms with van der Waals surface area (Å²) in [6, 6.07) is 7.00. The number of aromatic nitrogens is 3. The van der Waals surface area contributed by atoms with Gasteiger partial charge in [-0.2, -0.15) is 5.10 Å². The predicted molar refractivity (Wildman–Crippen MR) is 82.9 cm³/mol. The molecule has 7 heteroatoms. The van der Waals surface area contributed by atoms with Crippen LogP contribution in [0, 0.1) is 0 Å². The van der Waals surface area contributed by atoms with E-state index in [0.717, 1.165) is 12.8 Å². The maximum absolute atomic E-state index is 12.0. The Morgan fingerprint density at radius 2 is 2.04 bits per heavy atom. The molecule has 0 bridgehead atoms. The van der Waals surface area contributed by atoms with E-state index in [1.54, 1.807) is 24.4 Å². The van der Waals surface area contributed by atoms with E-state index in [0.29, 0.717) is 11.9 Å². The average Bonchev–Trinajstić information content (AvgIpc) is 3.24. The molecule has 0 saturated heterocycles. The molecule has 0 atom stereocenters. The number of hydrogen-bond acceptors (Lipinski definition) is 5. The Morgan fingerprint density at radius 3 is 2.78 bits per heavy atom. The van der Waals surface area contributed by atoms with Crippen LogP contribution in [0.3, 0.4) is 0 Å². The average molecular weight is 314 g/mol. The van der Waals surface area contributed by atoms with Gasteiger partial charge in [0.2, 0.25) is 0 Å². The number of esters is 1. The van der Waals surface area contributed by atoms with Crippen LogP contribution in [-0.2, 0) is 9.53 Å². The molecule has 7 nitrogen and oxygen atoms in total. The fourth-order valence-electron chi connectivity index (χ4n) is 2.72. The Kier molecular flexibility index (Phi) is 4.65. The first-order valence-electron chi connectivity index (χ1n) is 7.65. The molecule has 120 valence electrons. The molecule has 1 saturated carbocycles. The summed E-state index contributed by atoms with van der Waals surface area (Å²) in [6.45, 7) is -0.356. The number of nitrogens with one attached hydrogen (secondary N) is 1. The van der Waals surface area contributed by atoms with Crippen LogP contribution < -0.4 is 5.32 Å². The molecule has 23 heavy (non-hydrogen) atoms. The molecule has 1 N–H and O–H groups in total. The SMILES string of the molecule is O=C(COC(=O)c1ccccn1)Nc1ccnn1C1CCCC1. The molecule has 0 aromatic carbocycles. The van der Waals surface area contributed by atoms with Crippen molar-refractivity contribution >= 4 is 17.7 Å². The Labute approximate surface area is 133 Å². The highest BCUT2D eigenvalue weighted by molar-refractivity contribution is 5.94. The normalized spacial score (nSPS) is 14.6. The first-order chi connectivity index (χ1) is 11.2. The molecule has 1 amide bonds. The number of nitrogens with zero attached hydrogens (tertiary/aromatic N) is 3. The van der Waals surface area contributed by atoms with Crippen molar-refractivity contribution in [3.8, 4) is 0 Å². The van der Waals surface area contributed by atoms with Crippen molar-refractivity contribution in [2.24, 2.45) is 0 Å². The number of anilines is 1. The summed E-state index contributed by atoms with van der Waals surface area (Å²) in [5, 5.41) is 7.02. The van der Waals surface area contributed by atoms with Crippen molar-refractivity contribution in [1.82, 2.24) is 14.8 Å². The third kappa shape index (κ3) is 3.74. The molecule has 3 rings (SSSR count). The molecule has 0 spiro atoms. The fraction of sp³-hybridized carbons (Fsp3) is 0.375. The highest BCUT2D eigenvalue weighted by atomic mass is 16.5. The van der Waals surface area contributed by atoms with E-state index in [9.17, 15) is 9.59 Å². The van der Waals surface area contributed by atoms with Gasteiger partial charge in [0.1, 0.15) is 11.5 Å². The zero-order chi connectivity index (χ0) is 16.1. The van der Waals surface area contributed by atoms with E-state index in [2.05, 4.69) is 15.4 Å². The molecule has 2 aromatic rings. The highest BCUT2D eigenvalue weighted by Crippen LogP contribution is 2.31. The Hall–Kier alpha value is -2.70. The van der Waals surface area contributed by atoms with Crippen LogP contribution in [0.25, 0.3) is 0 Å². The Morgan fingerprint density at radius 1 is 1.22 bits per heavy atom. The van der Waals surface area contributed by atoms with Gasteiger partial charge in [-0.3, -0.25) is 4.79 Å². The van der Waals surface area contributed by atoms with Gasteiger partial charge >= 0.3 is 5.97 Å². The van der Waals surface area contributed by atoms with E-state index in [4.69, 9.17) is 4.74 Å². The van der Waals surface area contributed by atoms with Crippen LogP contribution in [0.5, 0.6) is 0 Å². The summed E-state index contributed by atoms with van der Waals surface area (Å²) in [7, 11) is 0.